The molecule has 1 atom stereocenters. The third-order valence-corrected chi connectivity index (χ3v) is 4.16. The largest absolute Gasteiger partial charge is 0.496 e. The van der Waals surface area contributed by atoms with Crippen molar-refractivity contribution in [2.24, 2.45) is 5.73 Å². The molecular weight excluding hydrogens is 272 g/mol. The number of ether oxygens (including phenoxy) is 1. The highest BCUT2D eigenvalue weighted by molar-refractivity contribution is 6.31. The molecule has 20 heavy (non-hydrogen) atoms. The van der Waals surface area contributed by atoms with Crippen LogP contribution in [0.3, 0.4) is 0 Å². The van der Waals surface area contributed by atoms with Crippen molar-refractivity contribution in [3.63, 3.8) is 0 Å². The van der Waals surface area contributed by atoms with Gasteiger partial charge >= 0.3 is 0 Å². The maximum absolute atomic E-state index is 6.39. The number of hydrogen-bond acceptors (Lipinski definition) is 3. The van der Waals surface area contributed by atoms with Crippen molar-refractivity contribution < 1.29 is 4.74 Å². The van der Waals surface area contributed by atoms with Crippen molar-refractivity contribution >= 4 is 17.3 Å². The molecule has 0 fully saturated rings. The van der Waals surface area contributed by atoms with Crippen LogP contribution in [0.15, 0.2) is 42.5 Å². The number of hydrogen-bond donors (Lipinski definition) is 1. The standard InChI is InChI=1S/C16H17ClN2O/c1-20-15-8-7-13(17)16-12(15)10-19(14(16)9-18)11-5-3-2-4-6-11/h2-8,14H,9-10,18H2,1H3. The summed E-state index contributed by atoms with van der Waals surface area (Å²) in [5.74, 6) is 0.876. The van der Waals surface area contributed by atoms with E-state index in [1.165, 1.54) is 0 Å². The van der Waals surface area contributed by atoms with Gasteiger partial charge in [0.15, 0.2) is 0 Å². The Bertz CT molecular complexity index is 615. The van der Waals surface area contributed by atoms with Crippen LogP contribution in [0.25, 0.3) is 0 Å². The van der Waals surface area contributed by atoms with Crippen molar-refractivity contribution in [1.29, 1.82) is 0 Å². The van der Waals surface area contributed by atoms with Crippen molar-refractivity contribution in [1.82, 2.24) is 0 Å². The van der Waals surface area contributed by atoms with Gasteiger partial charge < -0.3 is 15.4 Å². The fourth-order valence-corrected chi connectivity index (χ4v) is 3.21. The first-order chi connectivity index (χ1) is 9.76. The molecule has 1 aliphatic heterocycles. The van der Waals surface area contributed by atoms with Crippen molar-refractivity contribution in [2.45, 2.75) is 12.6 Å². The second-order valence-corrected chi connectivity index (χ2v) is 5.26. The minimum Gasteiger partial charge on any atom is -0.496 e. The molecule has 2 aromatic rings. The average Bonchev–Trinajstić information content (AvgIpc) is 2.89. The fraction of sp³-hybridized carbons (Fsp3) is 0.250. The first-order valence-electron chi connectivity index (χ1n) is 6.63. The maximum atomic E-state index is 6.39. The molecule has 0 amide bonds. The van der Waals surface area contributed by atoms with E-state index in [9.17, 15) is 0 Å². The lowest BCUT2D eigenvalue weighted by molar-refractivity contribution is 0.410. The Labute approximate surface area is 123 Å². The van der Waals surface area contributed by atoms with Gasteiger partial charge in [-0.3, -0.25) is 0 Å². The Balaban J connectivity index is 2.09. The molecule has 1 heterocycles. The fourth-order valence-electron chi connectivity index (χ4n) is 2.90. The highest BCUT2D eigenvalue weighted by Crippen LogP contribution is 2.44. The number of benzene rings is 2. The number of rotatable bonds is 3. The molecule has 1 unspecified atom stereocenters. The first-order valence-corrected chi connectivity index (χ1v) is 7.01. The van der Waals surface area contributed by atoms with E-state index < -0.39 is 0 Å². The molecule has 0 bridgehead atoms. The summed E-state index contributed by atoms with van der Waals surface area (Å²) in [5.41, 5.74) is 9.38. The van der Waals surface area contributed by atoms with Gasteiger partial charge in [-0.2, -0.15) is 0 Å². The summed E-state index contributed by atoms with van der Waals surface area (Å²) < 4.78 is 5.46. The van der Waals surface area contributed by atoms with E-state index in [0.29, 0.717) is 6.54 Å². The van der Waals surface area contributed by atoms with Crippen LogP contribution >= 0.6 is 11.6 Å². The van der Waals surface area contributed by atoms with Crippen molar-refractivity contribution in [3.05, 3.63) is 58.6 Å². The molecule has 3 rings (SSSR count). The molecule has 0 aliphatic carbocycles. The van der Waals surface area contributed by atoms with Crippen LogP contribution in [-0.4, -0.2) is 13.7 Å². The topological polar surface area (TPSA) is 38.5 Å². The van der Waals surface area contributed by atoms with E-state index in [2.05, 4.69) is 17.0 Å². The van der Waals surface area contributed by atoms with E-state index in [4.69, 9.17) is 22.1 Å². The lowest BCUT2D eigenvalue weighted by Gasteiger charge is -2.26. The van der Waals surface area contributed by atoms with Gasteiger partial charge in [0.1, 0.15) is 5.75 Å². The second-order valence-electron chi connectivity index (χ2n) is 4.86. The number of halogens is 1. The average molecular weight is 289 g/mol. The molecule has 0 saturated heterocycles. The minimum absolute atomic E-state index is 0.0926. The van der Waals surface area contributed by atoms with Gasteiger partial charge in [-0.05, 0) is 24.3 Å². The Hall–Kier alpha value is -1.71. The molecule has 0 aromatic heterocycles. The van der Waals surface area contributed by atoms with Crippen molar-refractivity contribution in [2.75, 3.05) is 18.6 Å². The summed E-state index contributed by atoms with van der Waals surface area (Å²) in [6, 6.07) is 14.2. The third kappa shape index (κ3) is 2.03. The number of anilines is 1. The number of nitrogens with zero attached hydrogens (tertiary/aromatic N) is 1. The molecular formula is C16H17ClN2O. The van der Waals surface area contributed by atoms with Gasteiger partial charge in [0.2, 0.25) is 0 Å². The van der Waals surface area contributed by atoms with Gasteiger partial charge in [-0.15, -0.1) is 0 Å². The zero-order valence-corrected chi connectivity index (χ0v) is 12.1. The zero-order chi connectivity index (χ0) is 14.1. The monoisotopic (exact) mass is 288 g/mol. The molecule has 2 aromatic carbocycles. The summed E-state index contributed by atoms with van der Waals surface area (Å²) in [7, 11) is 1.69. The van der Waals surface area contributed by atoms with E-state index in [-0.39, 0.29) is 6.04 Å². The Morgan fingerprint density at radius 3 is 2.65 bits per heavy atom. The van der Waals surface area contributed by atoms with Crippen LogP contribution in [0.1, 0.15) is 17.2 Å². The quantitative estimate of drug-likeness (QED) is 0.941. The normalized spacial score (nSPS) is 17.1. The molecule has 0 spiro atoms. The summed E-state index contributed by atoms with van der Waals surface area (Å²) >= 11 is 6.39. The van der Waals surface area contributed by atoms with E-state index in [1.807, 2.05) is 30.3 Å². The molecule has 4 heteroatoms. The van der Waals surface area contributed by atoms with Gasteiger partial charge in [-0.1, -0.05) is 29.8 Å². The second kappa shape index (κ2) is 5.35. The highest BCUT2D eigenvalue weighted by Gasteiger charge is 2.33. The van der Waals surface area contributed by atoms with E-state index >= 15 is 0 Å². The number of para-hydroxylation sites is 1. The number of nitrogens with two attached hydrogens (primary N) is 1. The summed E-state index contributed by atoms with van der Waals surface area (Å²) in [6.07, 6.45) is 0. The van der Waals surface area contributed by atoms with Crippen LogP contribution < -0.4 is 15.4 Å². The van der Waals surface area contributed by atoms with E-state index in [1.54, 1.807) is 7.11 Å². The molecule has 1 aliphatic rings. The molecule has 104 valence electrons. The van der Waals surface area contributed by atoms with Gasteiger partial charge in [0.25, 0.3) is 0 Å². The zero-order valence-electron chi connectivity index (χ0n) is 11.3. The first kappa shape index (κ1) is 13.3. The van der Waals surface area contributed by atoms with Crippen LogP contribution in [0.4, 0.5) is 5.69 Å². The predicted octanol–water partition coefficient (Wildman–Crippen LogP) is 3.37. The molecule has 0 saturated carbocycles. The Morgan fingerprint density at radius 2 is 2.00 bits per heavy atom. The van der Waals surface area contributed by atoms with Gasteiger partial charge in [0.05, 0.1) is 13.2 Å². The Kier molecular flexibility index (Phi) is 3.55. The number of methoxy groups -OCH3 is 1. The molecule has 3 nitrogen and oxygen atoms in total. The Morgan fingerprint density at radius 1 is 1.25 bits per heavy atom. The molecule has 2 N–H and O–H groups in total. The van der Waals surface area contributed by atoms with E-state index in [0.717, 1.165) is 34.1 Å². The summed E-state index contributed by atoms with van der Waals surface area (Å²) in [6.45, 7) is 1.29. The maximum Gasteiger partial charge on any atom is 0.124 e. The van der Waals surface area contributed by atoms with Crippen LogP contribution in [0.2, 0.25) is 5.02 Å². The van der Waals surface area contributed by atoms with Crippen LogP contribution in [-0.2, 0) is 6.54 Å². The van der Waals surface area contributed by atoms with Crippen LogP contribution in [0, 0.1) is 0 Å². The molecule has 0 radical (unpaired) electrons. The lowest BCUT2D eigenvalue weighted by Crippen LogP contribution is -2.27. The minimum atomic E-state index is 0.0926. The smallest absolute Gasteiger partial charge is 0.124 e. The summed E-state index contributed by atoms with van der Waals surface area (Å²) in [5, 5.41) is 0.759. The lowest BCUT2D eigenvalue weighted by atomic mass is 10.0. The predicted molar refractivity (Wildman–Crippen MR) is 82.4 cm³/mol. The van der Waals surface area contributed by atoms with Gasteiger partial charge in [0, 0.05) is 34.9 Å². The summed E-state index contributed by atoms with van der Waals surface area (Å²) in [4.78, 5) is 2.28. The SMILES string of the molecule is COc1ccc(Cl)c2c1CN(c1ccccc1)C2CN. The third-order valence-electron chi connectivity index (χ3n) is 3.83. The van der Waals surface area contributed by atoms with Crippen molar-refractivity contribution in [3.8, 4) is 5.75 Å². The number of fused-ring (bicyclic) bond motifs is 1. The van der Waals surface area contributed by atoms with Gasteiger partial charge in [-0.25, -0.2) is 0 Å². The van der Waals surface area contributed by atoms with Crippen LogP contribution in [0.5, 0.6) is 5.75 Å². The highest BCUT2D eigenvalue weighted by atomic mass is 35.5.